The lowest BCUT2D eigenvalue weighted by Gasteiger charge is -2.47. The molecule has 0 radical (unpaired) electrons. The largest absolute Gasteiger partial charge is 0.358 e. The average molecular weight is 202 g/mol. The third kappa shape index (κ3) is 1.97. The van der Waals surface area contributed by atoms with Crippen molar-refractivity contribution in [3.63, 3.8) is 0 Å². The zero-order valence-corrected chi connectivity index (χ0v) is 11.4. The van der Waals surface area contributed by atoms with Crippen LogP contribution in [0.2, 0.25) is 0 Å². The van der Waals surface area contributed by atoms with Crippen molar-refractivity contribution >= 4 is 10.2 Å². The normalized spacial score (nSPS) is 23.3. The molecular weight excluding hydrogens is 180 g/mol. The molecule has 3 heteroatoms. The van der Waals surface area contributed by atoms with E-state index in [1.165, 1.54) is 32.1 Å². The molecule has 0 heterocycles. The highest BCUT2D eigenvalue weighted by Gasteiger charge is 2.45. The van der Waals surface area contributed by atoms with E-state index in [1.54, 1.807) is 14.2 Å². The van der Waals surface area contributed by atoms with Crippen molar-refractivity contribution in [1.82, 2.24) is 0 Å². The molecule has 1 saturated carbocycles. The van der Waals surface area contributed by atoms with Crippen molar-refractivity contribution in [2.45, 2.75) is 44.4 Å². The Hall–Kier alpha value is 0.137. The van der Waals surface area contributed by atoms with Crippen molar-refractivity contribution in [2.75, 3.05) is 14.2 Å². The molecule has 0 atom stereocenters. The lowest BCUT2D eigenvalue weighted by atomic mass is 9.74. The zero-order valence-electron chi connectivity index (χ0n) is 9.35. The molecule has 0 bridgehead atoms. The summed E-state index contributed by atoms with van der Waals surface area (Å²) in [7, 11) is 4.49. The van der Waals surface area contributed by atoms with Crippen LogP contribution in [-0.4, -0.2) is 29.9 Å². The number of hydrogen-bond donors (Lipinski definition) is 0. The smallest absolute Gasteiger partial charge is 0.145 e. The molecule has 1 aliphatic rings. The molecule has 0 aliphatic heterocycles. The van der Waals surface area contributed by atoms with Gasteiger partial charge in [0.1, 0.15) is 5.41 Å². The van der Waals surface area contributed by atoms with Gasteiger partial charge < -0.3 is 9.47 Å². The van der Waals surface area contributed by atoms with Gasteiger partial charge in [-0.3, -0.25) is 0 Å². The van der Waals surface area contributed by atoms with Crippen molar-refractivity contribution in [2.24, 2.45) is 5.41 Å². The van der Waals surface area contributed by atoms with E-state index in [4.69, 9.17) is 9.47 Å². The van der Waals surface area contributed by atoms with E-state index in [9.17, 15) is 0 Å². The van der Waals surface area contributed by atoms with Crippen LogP contribution < -0.4 is 0 Å². The van der Waals surface area contributed by atoms with E-state index in [2.05, 4.69) is 6.92 Å². The number of ether oxygens (including phenoxy) is 2. The molecular formula is C10H22O2Si. The quantitative estimate of drug-likeness (QED) is 0.507. The predicted molar refractivity (Wildman–Crippen MR) is 57.9 cm³/mol. The highest BCUT2D eigenvalue weighted by molar-refractivity contribution is 6.14. The van der Waals surface area contributed by atoms with Gasteiger partial charge in [0, 0.05) is 19.6 Å². The van der Waals surface area contributed by atoms with Gasteiger partial charge in [0.2, 0.25) is 0 Å². The number of methoxy groups -OCH3 is 2. The van der Waals surface area contributed by atoms with E-state index >= 15 is 0 Å². The maximum Gasteiger partial charge on any atom is 0.145 e. The molecule has 0 aromatic heterocycles. The first-order chi connectivity index (χ1) is 6.08. The van der Waals surface area contributed by atoms with Crippen LogP contribution in [0.5, 0.6) is 0 Å². The van der Waals surface area contributed by atoms with Crippen LogP contribution in [-0.2, 0) is 9.47 Å². The maximum atomic E-state index is 5.57. The Bertz CT molecular complexity index is 160. The monoisotopic (exact) mass is 202 g/mol. The second kappa shape index (κ2) is 4.11. The molecule has 0 N–H and O–H groups in total. The van der Waals surface area contributed by atoms with Gasteiger partial charge >= 0.3 is 0 Å². The minimum absolute atomic E-state index is 0.251. The Morgan fingerprint density at radius 1 is 1.08 bits per heavy atom. The summed E-state index contributed by atoms with van der Waals surface area (Å²) in [6, 6.07) is 0. The molecule has 0 unspecified atom stereocenters. The Balaban J connectivity index is 2.74. The summed E-state index contributed by atoms with van der Waals surface area (Å²) in [4.78, 5) is 0. The third-order valence-corrected chi connectivity index (χ3v) is 5.86. The minimum Gasteiger partial charge on any atom is -0.358 e. The van der Waals surface area contributed by atoms with Crippen LogP contribution in [0, 0.1) is 5.41 Å². The van der Waals surface area contributed by atoms with Crippen LogP contribution in [0.1, 0.15) is 39.0 Å². The molecule has 2 nitrogen and oxygen atoms in total. The highest BCUT2D eigenvalue weighted by Crippen LogP contribution is 2.44. The second-order valence-corrected chi connectivity index (χ2v) is 5.79. The number of hydrogen-bond acceptors (Lipinski definition) is 2. The Kier molecular flexibility index (Phi) is 3.55. The van der Waals surface area contributed by atoms with Crippen LogP contribution in [0.25, 0.3) is 0 Å². The van der Waals surface area contributed by atoms with Crippen molar-refractivity contribution < 1.29 is 9.47 Å². The van der Waals surface area contributed by atoms with Crippen molar-refractivity contribution in [3.05, 3.63) is 0 Å². The highest BCUT2D eigenvalue weighted by atomic mass is 28.1. The fourth-order valence-electron chi connectivity index (χ4n) is 2.36. The van der Waals surface area contributed by atoms with Crippen molar-refractivity contribution in [1.29, 1.82) is 0 Å². The summed E-state index contributed by atoms with van der Waals surface area (Å²) in [6.07, 6.45) is 6.53. The Morgan fingerprint density at radius 2 is 1.54 bits per heavy atom. The third-order valence-electron chi connectivity index (χ3n) is 3.83. The van der Waals surface area contributed by atoms with Gasteiger partial charge in [-0.05, 0) is 12.8 Å². The van der Waals surface area contributed by atoms with Gasteiger partial charge in [0.15, 0.2) is 0 Å². The lowest BCUT2D eigenvalue weighted by Crippen LogP contribution is -2.51. The topological polar surface area (TPSA) is 18.5 Å². The molecule has 78 valence electrons. The average Bonchev–Trinajstić information content (AvgIpc) is 2.17. The molecule has 0 saturated heterocycles. The molecule has 0 spiro atoms. The summed E-state index contributed by atoms with van der Waals surface area (Å²) < 4.78 is 11.1. The molecule has 1 fully saturated rings. The second-order valence-electron chi connectivity index (χ2n) is 4.48. The van der Waals surface area contributed by atoms with Gasteiger partial charge in [-0.1, -0.05) is 26.2 Å². The van der Waals surface area contributed by atoms with Crippen LogP contribution in [0.4, 0.5) is 0 Å². The summed E-state index contributed by atoms with van der Waals surface area (Å²) in [5, 5.41) is 0. The minimum atomic E-state index is -0.270. The van der Waals surface area contributed by atoms with E-state index in [0.29, 0.717) is 0 Å². The Labute approximate surface area is 84.4 Å². The van der Waals surface area contributed by atoms with Crippen LogP contribution in [0.15, 0.2) is 0 Å². The predicted octanol–water partition coefficient (Wildman–Crippen LogP) is 1.27. The van der Waals surface area contributed by atoms with Gasteiger partial charge in [-0.25, -0.2) is 0 Å². The van der Waals surface area contributed by atoms with E-state index in [-0.39, 0.29) is 10.8 Å². The van der Waals surface area contributed by atoms with E-state index in [1.807, 2.05) is 0 Å². The molecule has 0 amide bonds. The number of rotatable bonds is 3. The first-order valence-electron chi connectivity index (χ1n) is 5.18. The zero-order chi connectivity index (χ0) is 9.95. The molecule has 0 aromatic carbocycles. The van der Waals surface area contributed by atoms with Gasteiger partial charge in [-0.15, -0.1) is 0 Å². The molecule has 1 rings (SSSR count). The van der Waals surface area contributed by atoms with Crippen LogP contribution in [0.3, 0.4) is 0 Å². The SMILES string of the molecule is COC([SiH3])(OC)C1(C)CCCCC1. The fourth-order valence-corrected chi connectivity index (χ4v) is 2.86. The van der Waals surface area contributed by atoms with Gasteiger partial charge in [0.25, 0.3) is 0 Å². The van der Waals surface area contributed by atoms with E-state index < -0.39 is 0 Å². The van der Waals surface area contributed by atoms with Gasteiger partial charge in [-0.2, -0.15) is 0 Å². The maximum absolute atomic E-state index is 5.57. The fraction of sp³-hybridized carbons (Fsp3) is 1.00. The van der Waals surface area contributed by atoms with Gasteiger partial charge in [0.05, 0.1) is 10.2 Å². The molecule has 1 aliphatic carbocycles. The van der Waals surface area contributed by atoms with Crippen LogP contribution >= 0.6 is 0 Å². The molecule has 0 aromatic rings. The first kappa shape index (κ1) is 11.2. The summed E-state index contributed by atoms with van der Waals surface area (Å²) in [6.45, 7) is 2.31. The molecule has 13 heavy (non-hydrogen) atoms. The standard InChI is InChI=1S/C10H22O2Si/c1-9(7-5-4-6-8-9)10(13,11-2)12-3/h4-8H2,1-3,13H3. The summed E-state index contributed by atoms with van der Waals surface area (Å²) >= 11 is 0. The Morgan fingerprint density at radius 3 is 1.92 bits per heavy atom. The van der Waals surface area contributed by atoms with E-state index in [0.717, 1.165) is 10.2 Å². The van der Waals surface area contributed by atoms with Crippen molar-refractivity contribution in [3.8, 4) is 0 Å². The lowest BCUT2D eigenvalue weighted by molar-refractivity contribution is -0.220. The first-order valence-corrected chi connectivity index (χ1v) is 6.18. The summed E-state index contributed by atoms with van der Waals surface area (Å²) in [5.74, 6) is 0. The summed E-state index contributed by atoms with van der Waals surface area (Å²) in [5.41, 5.74) is -0.0195.